The summed E-state index contributed by atoms with van der Waals surface area (Å²) in [5.41, 5.74) is 6.62. The number of anilines is 1. The van der Waals surface area contributed by atoms with Crippen molar-refractivity contribution in [3.8, 4) is 9.75 Å². The highest BCUT2D eigenvalue weighted by Gasteiger charge is 2.08. The quantitative estimate of drug-likeness (QED) is 0.657. The lowest BCUT2D eigenvalue weighted by Gasteiger charge is -1.92. The van der Waals surface area contributed by atoms with Gasteiger partial charge in [-0.25, -0.2) is 0 Å². The van der Waals surface area contributed by atoms with Crippen LogP contribution in [0.15, 0.2) is 26.6 Å². The van der Waals surface area contributed by atoms with Crippen LogP contribution in [0.25, 0.3) is 9.75 Å². The van der Waals surface area contributed by atoms with Gasteiger partial charge in [0.15, 0.2) is 0 Å². The Kier molecular flexibility index (Phi) is 2.60. The number of hydrogen-bond donors (Lipinski definition) is 3. The Morgan fingerprint density at radius 1 is 1.08 bits per heavy atom. The van der Waals surface area contributed by atoms with Gasteiger partial charge in [0.05, 0.1) is 19.0 Å². The largest absolute Gasteiger partial charge is 0.397 e. The number of thiophene rings is 2. The standard InChI is InChI=1S/C8H7NS4/c9-4-3-7(11)13-8(4)5-1-2-6(10)12-5/h1-3,10-11H,9H2. The molecule has 13 heavy (non-hydrogen) atoms. The summed E-state index contributed by atoms with van der Waals surface area (Å²) in [5, 5.41) is 0. The van der Waals surface area contributed by atoms with Gasteiger partial charge in [0.2, 0.25) is 0 Å². The molecular weight excluding hydrogens is 238 g/mol. The molecule has 0 fully saturated rings. The van der Waals surface area contributed by atoms with Gasteiger partial charge in [0.25, 0.3) is 0 Å². The molecule has 0 atom stereocenters. The monoisotopic (exact) mass is 245 g/mol. The Morgan fingerprint density at radius 2 is 1.85 bits per heavy atom. The molecule has 0 aliphatic rings. The van der Waals surface area contributed by atoms with E-state index in [1.165, 1.54) is 0 Å². The summed E-state index contributed by atoms with van der Waals surface area (Å²) in [7, 11) is 0. The van der Waals surface area contributed by atoms with Crippen molar-refractivity contribution in [2.45, 2.75) is 8.42 Å². The van der Waals surface area contributed by atoms with E-state index in [0.717, 1.165) is 23.9 Å². The third-order valence-electron chi connectivity index (χ3n) is 1.56. The summed E-state index contributed by atoms with van der Waals surface area (Å²) < 4.78 is 1.95. The zero-order valence-corrected chi connectivity index (χ0v) is 9.94. The van der Waals surface area contributed by atoms with Gasteiger partial charge in [0.1, 0.15) is 0 Å². The predicted octanol–water partition coefficient (Wildman–Crippen LogP) is 3.64. The van der Waals surface area contributed by atoms with Crippen molar-refractivity contribution in [3.63, 3.8) is 0 Å². The van der Waals surface area contributed by atoms with Crippen LogP contribution in [-0.2, 0) is 0 Å². The van der Waals surface area contributed by atoms with E-state index < -0.39 is 0 Å². The summed E-state index contributed by atoms with van der Waals surface area (Å²) in [4.78, 5) is 2.25. The van der Waals surface area contributed by atoms with Crippen molar-refractivity contribution in [2.75, 3.05) is 5.73 Å². The first-order valence-corrected chi connectivity index (χ1v) is 6.07. The molecule has 2 rings (SSSR count). The zero-order chi connectivity index (χ0) is 9.42. The topological polar surface area (TPSA) is 26.0 Å². The van der Waals surface area contributed by atoms with Crippen LogP contribution >= 0.6 is 47.9 Å². The summed E-state index contributed by atoms with van der Waals surface area (Å²) in [6.07, 6.45) is 0. The second-order valence-electron chi connectivity index (χ2n) is 2.51. The highest BCUT2D eigenvalue weighted by molar-refractivity contribution is 7.83. The van der Waals surface area contributed by atoms with Crippen LogP contribution < -0.4 is 5.73 Å². The predicted molar refractivity (Wildman–Crippen MR) is 66.5 cm³/mol. The van der Waals surface area contributed by atoms with E-state index in [0.29, 0.717) is 0 Å². The number of rotatable bonds is 1. The maximum absolute atomic E-state index is 5.83. The molecule has 5 heteroatoms. The molecule has 0 unspecified atom stereocenters. The Morgan fingerprint density at radius 3 is 2.31 bits per heavy atom. The van der Waals surface area contributed by atoms with Gasteiger partial charge in [-0.05, 0) is 18.2 Å². The zero-order valence-electron chi connectivity index (χ0n) is 6.52. The lowest BCUT2D eigenvalue weighted by molar-refractivity contribution is 1.73. The first-order valence-electron chi connectivity index (χ1n) is 3.54. The molecular formula is C8H7NS4. The Bertz CT molecular complexity index is 429. The van der Waals surface area contributed by atoms with Crippen LogP contribution in [0, 0.1) is 0 Å². The van der Waals surface area contributed by atoms with Crippen molar-refractivity contribution < 1.29 is 0 Å². The van der Waals surface area contributed by atoms with Crippen LogP contribution in [0.5, 0.6) is 0 Å². The second-order valence-corrected chi connectivity index (χ2v) is 6.21. The highest BCUT2D eigenvalue weighted by atomic mass is 32.2. The molecule has 0 aromatic carbocycles. The smallest absolute Gasteiger partial charge is 0.0684 e. The molecule has 2 N–H and O–H groups in total. The fourth-order valence-electron chi connectivity index (χ4n) is 1.03. The average molecular weight is 245 g/mol. The normalized spacial score (nSPS) is 10.6. The number of hydrogen-bond acceptors (Lipinski definition) is 5. The van der Waals surface area contributed by atoms with Crippen molar-refractivity contribution in [1.29, 1.82) is 0 Å². The summed E-state index contributed by atoms with van der Waals surface area (Å²) >= 11 is 11.7. The van der Waals surface area contributed by atoms with E-state index in [-0.39, 0.29) is 0 Å². The summed E-state index contributed by atoms with van der Waals surface area (Å²) in [6, 6.07) is 5.88. The van der Waals surface area contributed by atoms with E-state index >= 15 is 0 Å². The second kappa shape index (κ2) is 3.57. The maximum atomic E-state index is 5.83. The molecule has 0 aliphatic carbocycles. The minimum Gasteiger partial charge on any atom is -0.397 e. The molecule has 0 saturated heterocycles. The van der Waals surface area contributed by atoms with Crippen LogP contribution in [-0.4, -0.2) is 0 Å². The minimum atomic E-state index is 0.796. The molecule has 0 radical (unpaired) electrons. The van der Waals surface area contributed by atoms with E-state index in [9.17, 15) is 0 Å². The molecule has 68 valence electrons. The Hall–Kier alpha value is -0.100. The lowest BCUT2D eigenvalue weighted by Crippen LogP contribution is -1.80. The third kappa shape index (κ3) is 1.88. The van der Waals surface area contributed by atoms with E-state index in [1.54, 1.807) is 22.7 Å². The third-order valence-corrected chi connectivity index (χ3v) is 4.41. The Balaban J connectivity index is 2.51. The van der Waals surface area contributed by atoms with Gasteiger partial charge in [-0.15, -0.1) is 47.9 Å². The lowest BCUT2D eigenvalue weighted by atomic mass is 10.3. The van der Waals surface area contributed by atoms with Crippen LogP contribution in [0.2, 0.25) is 0 Å². The molecule has 1 nitrogen and oxygen atoms in total. The molecule has 0 spiro atoms. The first kappa shape index (κ1) is 9.45. The minimum absolute atomic E-state index is 0.796. The number of thiol groups is 2. The van der Waals surface area contributed by atoms with E-state index in [4.69, 9.17) is 5.73 Å². The van der Waals surface area contributed by atoms with Gasteiger partial charge >= 0.3 is 0 Å². The molecule has 2 aromatic heterocycles. The SMILES string of the molecule is Nc1cc(S)sc1-c1ccc(S)s1. The van der Waals surface area contributed by atoms with E-state index in [2.05, 4.69) is 25.3 Å². The van der Waals surface area contributed by atoms with Gasteiger partial charge in [-0.3, -0.25) is 0 Å². The van der Waals surface area contributed by atoms with Crippen molar-refractivity contribution in [3.05, 3.63) is 18.2 Å². The van der Waals surface area contributed by atoms with Gasteiger partial charge in [-0.1, -0.05) is 0 Å². The Labute approximate surface area is 95.4 Å². The fraction of sp³-hybridized carbons (Fsp3) is 0. The maximum Gasteiger partial charge on any atom is 0.0684 e. The number of nitrogen functional groups attached to an aromatic ring is 1. The molecule has 0 aliphatic heterocycles. The van der Waals surface area contributed by atoms with Crippen molar-refractivity contribution in [2.24, 2.45) is 0 Å². The first-order chi connectivity index (χ1) is 6.16. The van der Waals surface area contributed by atoms with Gasteiger partial charge < -0.3 is 5.73 Å². The van der Waals surface area contributed by atoms with Crippen LogP contribution in [0.4, 0.5) is 5.69 Å². The van der Waals surface area contributed by atoms with E-state index in [1.807, 2.05) is 18.2 Å². The molecule has 0 saturated carbocycles. The molecule has 0 amide bonds. The molecule has 0 bridgehead atoms. The molecule has 2 heterocycles. The van der Waals surface area contributed by atoms with Crippen molar-refractivity contribution in [1.82, 2.24) is 0 Å². The fourth-order valence-corrected chi connectivity index (χ4v) is 3.51. The van der Waals surface area contributed by atoms with Crippen LogP contribution in [0.1, 0.15) is 0 Å². The highest BCUT2D eigenvalue weighted by Crippen LogP contribution is 2.40. The van der Waals surface area contributed by atoms with Crippen molar-refractivity contribution >= 4 is 53.6 Å². The van der Waals surface area contributed by atoms with Crippen LogP contribution in [0.3, 0.4) is 0 Å². The molecule has 2 aromatic rings. The van der Waals surface area contributed by atoms with Gasteiger partial charge in [0, 0.05) is 4.88 Å². The summed E-state index contributed by atoms with van der Waals surface area (Å²) in [6.45, 7) is 0. The summed E-state index contributed by atoms with van der Waals surface area (Å²) in [5.74, 6) is 0. The number of nitrogens with two attached hydrogens (primary N) is 1. The van der Waals surface area contributed by atoms with Gasteiger partial charge in [-0.2, -0.15) is 0 Å². The average Bonchev–Trinajstić information content (AvgIpc) is 2.58.